The number of ether oxygens (including phenoxy) is 1. The van der Waals surface area contributed by atoms with E-state index in [0.29, 0.717) is 22.0 Å². The van der Waals surface area contributed by atoms with Crippen molar-refractivity contribution < 1.29 is 17.9 Å². The summed E-state index contributed by atoms with van der Waals surface area (Å²) in [6, 6.07) is 16.1. The van der Waals surface area contributed by atoms with E-state index in [2.05, 4.69) is 10.0 Å². The second-order valence-corrected chi connectivity index (χ2v) is 8.82. The predicted molar refractivity (Wildman–Crippen MR) is 119 cm³/mol. The van der Waals surface area contributed by atoms with Gasteiger partial charge >= 0.3 is 0 Å². The molecule has 8 heteroatoms. The number of hydrogen-bond donors (Lipinski definition) is 2. The van der Waals surface area contributed by atoms with Crippen LogP contribution < -0.4 is 14.8 Å². The molecular weight excluding hydrogens is 424 g/mol. The lowest BCUT2D eigenvalue weighted by atomic mass is 10.1. The normalized spacial score (nSPS) is 11.1. The van der Waals surface area contributed by atoms with Gasteiger partial charge in [0.15, 0.2) is 0 Å². The molecule has 3 aromatic carbocycles. The van der Waals surface area contributed by atoms with Crippen LogP contribution in [0.3, 0.4) is 0 Å². The Morgan fingerprint density at radius 3 is 2.20 bits per heavy atom. The number of carbonyl (C=O) groups excluding carboxylic acids is 1. The molecule has 0 bridgehead atoms. The van der Waals surface area contributed by atoms with Gasteiger partial charge in [-0.3, -0.25) is 9.52 Å². The number of amides is 1. The maximum atomic E-state index is 12.9. The first kappa shape index (κ1) is 21.7. The highest BCUT2D eigenvalue weighted by Crippen LogP contribution is 2.29. The zero-order chi connectivity index (χ0) is 21.9. The van der Waals surface area contributed by atoms with Crippen LogP contribution in [0.1, 0.15) is 21.5 Å². The summed E-state index contributed by atoms with van der Waals surface area (Å²) in [6.07, 6.45) is 0. The topological polar surface area (TPSA) is 84.5 Å². The van der Waals surface area contributed by atoms with Gasteiger partial charge in [-0.25, -0.2) is 8.42 Å². The van der Waals surface area contributed by atoms with Crippen molar-refractivity contribution in [3.8, 4) is 5.75 Å². The Bertz CT molecular complexity index is 1190. The van der Waals surface area contributed by atoms with E-state index in [1.165, 1.54) is 19.2 Å². The fourth-order valence-corrected chi connectivity index (χ4v) is 4.16. The van der Waals surface area contributed by atoms with Gasteiger partial charge in [0.1, 0.15) is 10.6 Å². The van der Waals surface area contributed by atoms with Gasteiger partial charge in [-0.2, -0.15) is 0 Å². The lowest BCUT2D eigenvalue weighted by Crippen LogP contribution is -2.16. The third kappa shape index (κ3) is 4.93. The van der Waals surface area contributed by atoms with Crippen LogP contribution in [0.5, 0.6) is 5.75 Å². The Morgan fingerprint density at radius 2 is 1.57 bits per heavy atom. The summed E-state index contributed by atoms with van der Waals surface area (Å²) < 4.78 is 33.5. The minimum absolute atomic E-state index is 0.0992. The first-order chi connectivity index (χ1) is 14.2. The van der Waals surface area contributed by atoms with Gasteiger partial charge in [-0.1, -0.05) is 17.7 Å². The lowest BCUT2D eigenvalue weighted by molar-refractivity contribution is 0.102. The van der Waals surface area contributed by atoms with Crippen LogP contribution in [-0.2, 0) is 10.0 Å². The monoisotopic (exact) mass is 444 g/mol. The first-order valence-corrected chi connectivity index (χ1v) is 10.9. The van der Waals surface area contributed by atoms with Crippen molar-refractivity contribution in [2.24, 2.45) is 0 Å². The second-order valence-electron chi connectivity index (χ2n) is 6.73. The maximum Gasteiger partial charge on any atom is 0.265 e. The van der Waals surface area contributed by atoms with Crippen molar-refractivity contribution in [1.82, 2.24) is 0 Å². The molecule has 0 saturated heterocycles. The summed E-state index contributed by atoms with van der Waals surface area (Å²) in [5.74, 6) is -0.182. The summed E-state index contributed by atoms with van der Waals surface area (Å²) in [4.78, 5) is 12.5. The fraction of sp³-hybridized carbons (Fsp3) is 0.136. The summed E-state index contributed by atoms with van der Waals surface area (Å²) in [5, 5.41) is 3.23. The smallest absolute Gasteiger partial charge is 0.265 e. The Kier molecular flexibility index (Phi) is 6.34. The van der Waals surface area contributed by atoms with Crippen molar-refractivity contribution in [2.75, 3.05) is 17.1 Å². The molecule has 3 aromatic rings. The average Bonchev–Trinajstić information content (AvgIpc) is 2.71. The van der Waals surface area contributed by atoms with Crippen LogP contribution in [0.2, 0.25) is 5.02 Å². The standard InChI is InChI=1S/C22H21ClN2O4S/c1-14-4-5-16(12-15(14)2)22(26)24-19-10-11-20(29-3)21(13-19)30(27,28)25-18-8-6-17(23)7-9-18/h4-13,25H,1-3H3,(H,24,26). The predicted octanol–water partition coefficient (Wildman–Crippen LogP) is 5.02. The summed E-state index contributed by atoms with van der Waals surface area (Å²) >= 11 is 5.85. The van der Waals surface area contributed by atoms with Gasteiger partial charge in [0.25, 0.3) is 15.9 Å². The van der Waals surface area contributed by atoms with Crippen LogP contribution in [0.4, 0.5) is 11.4 Å². The van der Waals surface area contributed by atoms with Gasteiger partial charge in [-0.05, 0) is 79.6 Å². The van der Waals surface area contributed by atoms with Crippen LogP contribution in [0, 0.1) is 13.8 Å². The molecule has 0 aromatic heterocycles. The molecule has 0 aliphatic heterocycles. The van der Waals surface area contributed by atoms with E-state index >= 15 is 0 Å². The minimum atomic E-state index is -3.97. The van der Waals surface area contributed by atoms with E-state index in [-0.39, 0.29) is 16.6 Å². The second kappa shape index (κ2) is 8.77. The van der Waals surface area contributed by atoms with Crippen molar-refractivity contribution in [2.45, 2.75) is 18.7 Å². The molecule has 0 spiro atoms. The van der Waals surface area contributed by atoms with Crippen molar-refractivity contribution in [3.05, 3.63) is 82.4 Å². The molecule has 0 aliphatic carbocycles. The van der Waals surface area contributed by atoms with E-state index in [4.69, 9.17) is 16.3 Å². The number of rotatable bonds is 6. The van der Waals surface area contributed by atoms with Crippen molar-refractivity contribution in [3.63, 3.8) is 0 Å². The van der Waals surface area contributed by atoms with E-state index in [9.17, 15) is 13.2 Å². The first-order valence-electron chi connectivity index (χ1n) is 9.04. The molecular formula is C22H21ClN2O4S. The molecule has 3 rings (SSSR count). The summed E-state index contributed by atoms with van der Waals surface area (Å²) in [6.45, 7) is 3.89. The molecule has 0 saturated carbocycles. The highest BCUT2D eigenvalue weighted by molar-refractivity contribution is 7.92. The zero-order valence-electron chi connectivity index (χ0n) is 16.7. The molecule has 2 N–H and O–H groups in total. The van der Waals surface area contributed by atoms with Crippen LogP contribution in [0.25, 0.3) is 0 Å². The van der Waals surface area contributed by atoms with Gasteiger partial charge in [0.2, 0.25) is 0 Å². The number of nitrogens with one attached hydrogen (secondary N) is 2. The molecule has 156 valence electrons. The third-order valence-corrected chi connectivity index (χ3v) is 6.23. The SMILES string of the molecule is COc1ccc(NC(=O)c2ccc(C)c(C)c2)cc1S(=O)(=O)Nc1ccc(Cl)cc1. The van der Waals surface area contributed by atoms with E-state index in [1.807, 2.05) is 19.9 Å². The fourth-order valence-electron chi connectivity index (χ4n) is 2.78. The van der Waals surface area contributed by atoms with Gasteiger partial charge < -0.3 is 10.1 Å². The Labute approximate surface area is 180 Å². The molecule has 0 atom stereocenters. The molecule has 0 fully saturated rings. The Morgan fingerprint density at radius 1 is 0.900 bits per heavy atom. The Hall–Kier alpha value is -3.03. The molecule has 30 heavy (non-hydrogen) atoms. The summed E-state index contributed by atoms with van der Waals surface area (Å²) in [7, 11) is -2.59. The quantitative estimate of drug-likeness (QED) is 0.559. The zero-order valence-corrected chi connectivity index (χ0v) is 18.3. The number of carbonyl (C=O) groups is 1. The number of aryl methyl sites for hydroxylation is 2. The maximum absolute atomic E-state index is 12.9. The number of sulfonamides is 1. The number of anilines is 2. The number of benzene rings is 3. The third-order valence-electron chi connectivity index (χ3n) is 4.58. The van der Waals surface area contributed by atoms with Crippen LogP contribution in [0.15, 0.2) is 65.6 Å². The van der Waals surface area contributed by atoms with E-state index < -0.39 is 10.0 Å². The number of hydrogen-bond acceptors (Lipinski definition) is 4. The summed E-state index contributed by atoms with van der Waals surface area (Å²) in [5.41, 5.74) is 3.24. The highest BCUT2D eigenvalue weighted by atomic mass is 35.5. The molecule has 0 heterocycles. The molecule has 6 nitrogen and oxygen atoms in total. The molecule has 0 radical (unpaired) electrons. The van der Waals surface area contributed by atoms with E-state index in [0.717, 1.165) is 11.1 Å². The largest absolute Gasteiger partial charge is 0.495 e. The minimum Gasteiger partial charge on any atom is -0.495 e. The lowest BCUT2D eigenvalue weighted by Gasteiger charge is -2.14. The molecule has 0 aliphatic rings. The van der Waals surface area contributed by atoms with Gasteiger partial charge in [0.05, 0.1) is 7.11 Å². The van der Waals surface area contributed by atoms with Crippen molar-refractivity contribution in [1.29, 1.82) is 0 Å². The van der Waals surface area contributed by atoms with Crippen LogP contribution in [-0.4, -0.2) is 21.4 Å². The average molecular weight is 445 g/mol. The Balaban J connectivity index is 1.89. The number of halogens is 1. The van der Waals surface area contributed by atoms with E-state index in [1.54, 1.807) is 42.5 Å². The highest BCUT2D eigenvalue weighted by Gasteiger charge is 2.21. The number of methoxy groups -OCH3 is 1. The van der Waals surface area contributed by atoms with Crippen LogP contribution >= 0.6 is 11.6 Å². The molecule has 0 unspecified atom stereocenters. The molecule has 1 amide bonds. The van der Waals surface area contributed by atoms with Crippen molar-refractivity contribution >= 4 is 38.9 Å². The van der Waals surface area contributed by atoms with Gasteiger partial charge in [0, 0.05) is 22.0 Å². The van der Waals surface area contributed by atoms with Gasteiger partial charge in [-0.15, -0.1) is 0 Å².